The van der Waals surface area contributed by atoms with Crippen molar-refractivity contribution in [2.24, 2.45) is 11.3 Å². The van der Waals surface area contributed by atoms with E-state index < -0.39 is 0 Å². The second-order valence-electron chi connectivity index (χ2n) is 5.39. The summed E-state index contributed by atoms with van der Waals surface area (Å²) >= 11 is 0. The van der Waals surface area contributed by atoms with Gasteiger partial charge in [-0.15, -0.1) is 0 Å². The van der Waals surface area contributed by atoms with Crippen LogP contribution in [0.15, 0.2) is 0 Å². The van der Waals surface area contributed by atoms with Gasteiger partial charge in [-0.3, -0.25) is 9.59 Å². The number of hydrogen-bond donors (Lipinski definition) is 2. The zero-order valence-electron chi connectivity index (χ0n) is 11.3. The number of nitrogens with one attached hydrogen (secondary N) is 2. The lowest BCUT2D eigenvalue weighted by Gasteiger charge is -2.26. The number of nitrogens with zero attached hydrogens (tertiary/aromatic N) is 1. The fraction of sp³-hybridized carbons (Fsp3) is 0.846. The number of amides is 2. The van der Waals surface area contributed by atoms with E-state index in [2.05, 4.69) is 10.6 Å². The topological polar surface area (TPSA) is 61.4 Å². The standard InChI is InChI=1S/C13H23N3O2/c1-3-16(9-11(17)14-2)12(18)10-8-13(10)4-6-15-7-5-13/h10,15H,3-9H2,1-2H3,(H,14,17). The highest BCUT2D eigenvalue weighted by atomic mass is 16.2. The van der Waals surface area contributed by atoms with Gasteiger partial charge in [-0.2, -0.15) is 0 Å². The molecule has 0 aromatic heterocycles. The van der Waals surface area contributed by atoms with Crippen LogP contribution < -0.4 is 10.6 Å². The minimum atomic E-state index is -0.0924. The molecule has 2 fully saturated rings. The number of carbonyl (C=O) groups excluding carboxylic acids is 2. The van der Waals surface area contributed by atoms with Crippen LogP contribution in [0, 0.1) is 11.3 Å². The first kappa shape index (κ1) is 13.3. The lowest BCUT2D eigenvalue weighted by molar-refractivity contribution is -0.137. The molecule has 2 amide bonds. The SMILES string of the molecule is CCN(CC(=O)NC)C(=O)C1CC12CCNCC2. The molecule has 18 heavy (non-hydrogen) atoms. The van der Waals surface area contributed by atoms with Crippen molar-refractivity contribution in [2.75, 3.05) is 33.2 Å². The molecule has 1 saturated heterocycles. The molecule has 0 bridgehead atoms. The summed E-state index contributed by atoms with van der Waals surface area (Å²) in [6, 6.07) is 0. The van der Waals surface area contributed by atoms with Crippen molar-refractivity contribution in [1.82, 2.24) is 15.5 Å². The smallest absolute Gasteiger partial charge is 0.239 e. The van der Waals surface area contributed by atoms with Crippen LogP contribution in [0.4, 0.5) is 0 Å². The second-order valence-corrected chi connectivity index (χ2v) is 5.39. The third-order valence-corrected chi connectivity index (χ3v) is 4.39. The Bertz CT molecular complexity index is 337. The average molecular weight is 253 g/mol. The minimum absolute atomic E-state index is 0.0924. The molecule has 0 radical (unpaired) electrons. The monoisotopic (exact) mass is 253 g/mol. The van der Waals surface area contributed by atoms with E-state index in [1.54, 1.807) is 11.9 Å². The Morgan fingerprint density at radius 1 is 1.39 bits per heavy atom. The minimum Gasteiger partial charge on any atom is -0.358 e. The number of rotatable bonds is 4. The molecule has 2 aliphatic rings. The molecule has 5 nitrogen and oxygen atoms in total. The molecule has 0 aromatic carbocycles. The van der Waals surface area contributed by atoms with Crippen LogP contribution in [-0.2, 0) is 9.59 Å². The molecular weight excluding hydrogens is 230 g/mol. The van der Waals surface area contributed by atoms with Crippen molar-refractivity contribution in [2.45, 2.75) is 26.2 Å². The second kappa shape index (κ2) is 5.26. The van der Waals surface area contributed by atoms with Crippen LogP contribution in [0.2, 0.25) is 0 Å². The summed E-state index contributed by atoms with van der Waals surface area (Å²) in [5.74, 6) is 0.234. The van der Waals surface area contributed by atoms with Crippen molar-refractivity contribution in [1.29, 1.82) is 0 Å². The van der Waals surface area contributed by atoms with Crippen LogP contribution in [0.3, 0.4) is 0 Å². The lowest BCUT2D eigenvalue weighted by atomic mass is 9.91. The molecule has 2 rings (SSSR count). The normalized spacial score (nSPS) is 24.7. The summed E-state index contributed by atoms with van der Waals surface area (Å²) in [6.45, 7) is 4.77. The van der Waals surface area contributed by atoms with Crippen LogP contribution in [0.25, 0.3) is 0 Å². The number of piperidine rings is 1. The number of carbonyl (C=O) groups is 2. The maximum atomic E-state index is 12.4. The first-order chi connectivity index (χ1) is 8.63. The maximum absolute atomic E-state index is 12.4. The molecule has 2 N–H and O–H groups in total. The van der Waals surface area contributed by atoms with E-state index in [0.29, 0.717) is 6.54 Å². The molecule has 1 spiro atoms. The van der Waals surface area contributed by atoms with E-state index in [0.717, 1.165) is 32.4 Å². The third kappa shape index (κ3) is 2.51. The highest BCUT2D eigenvalue weighted by molar-refractivity contribution is 5.87. The first-order valence-electron chi connectivity index (χ1n) is 6.83. The van der Waals surface area contributed by atoms with E-state index in [1.807, 2.05) is 6.92 Å². The zero-order chi connectivity index (χ0) is 13.2. The Kier molecular flexibility index (Phi) is 3.90. The third-order valence-electron chi connectivity index (χ3n) is 4.39. The van der Waals surface area contributed by atoms with Gasteiger partial charge in [0, 0.05) is 19.5 Å². The van der Waals surface area contributed by atoms with E-state index in [1.165, 1.54) is 0 Å². The van der Waals surface area contributed by atoms with Crippen LogP contribution >= 0.6 is 0 Å². The predicted octanol–water partition coefficient (Wildman–Crippen LogP) is -0.0294. The summed E-state index contributed by atoms with van der Waals surface area (Å²) in [5.41, 5.74) is 0.248. The number of likely N-dealkylation sites (N-methyl/N-ethyl adjacent to an activating group) is 2. The van der Waals surface area contributed by atoms with Gasteiger partial charge in [-0.25, -0.2) is 0 Å². The van der Waals surface area contributed by atoms with Crippen LogP contribution in [-0.4, -0.2) is 49.9 Å². The van der Waals surface area contributed by atoms with Gasteiger partial charge < -0.3 is 15.5 Å². The molecular formula is C13H23N3O2. The predicted molar refractivity (Wildman–Crippen MR) is 69.0 cm³/mol. The Hall–Kier alpha value is -1.10. The summed E-state index contributed by atoms with van der Waals surface area (Å²) in [7, 11) is 1.60. The van der Waals surface area contributed by atoms with Crippen LogP contribution in [0.1, 0.15) is 26.2 Å². The van der Waals surface area contributed by atoms with Gasteiger partial charge in [-0.05, 0) is 44.7 Å². The molecule has 1 aliphatic carbocycles. The van der Waals surface area contributed by atoms with Gasteiger partial charge in [0.2, 0.25) is 11.8 Å². The van der Waals surface area contributed by atoms with Crippen molar-refractivity contribution in [3.63, 3.8) is 0 Å². The summed E-state index contributed by atoms with van der Waals surface area (Å²) in [4.78, 5) is 25.4. The van der Waals surface area contributed by atoms with E-state index in [-0.39, 0.29) is 29.7 Å². The molecule has 1 atom stereocenters. The van der Waals surface area contributed by atoms with E-state index in [9.17, 15) is 9.59 Å². The molecule has 5 heteroatoms. The van der Waals surface area contributed by atoms with Gasteiger partial charge in [-0.1, -0.05) is 0 Å². The first-order valence-corrected chi connectivity index (χ1v) is 6.83. The Morgan fingerprint density at radius 3 is 2.61 bits per heavy atom. The number of hydrogen-bond acceptors (Lipinski definition) is 3. The average Bonchev–Trinajstić information content (AvgIpc) is 3.09. The van der Waals surface area contributed by atoms with Crippen molar-refractivity contribution >= 4 is 11.8 Å². The molecule has 102 valence electrons. The molecule has 0 aromatic rings. The molecule has 1 unspecified atom stereocenters. The zero-order valence-corrected chi connectivity index (χ0v) is 11.3. The highest BCUT2D eigenvalue weighted by Crippen LogP contribution is 2.59. The van der Waals surface area contributed by atoms with Gasteiger partial charge in [0.25, 0.3) is 0 Å². The summed E-state index contributed by atoms with van der Waals surface area (Å²) in [6.07, 6.45) is 3.21. The van der Waals surface area contributed by atoms with Crippen molar-refractivity contribution in [3.8, 4) is 0 Å². The quantitative estimate of drug-likeness (QED) is 0.739. The highest BCUT2D eigenvalue weighted by Gasteiger charge is 2.58. The lowest BCUT2D eigenvalue weighted by Crippen LogP contribution is -2.41. The Balaban J connectivity index is 1.92. The largest absolute Gasteiger partial charge is 0.358 e. The van der Waals surface area contributed by atoms with Gasteiger partial charge >= 0.3 is 0 Å². The Labute approximate surface area is 108 Å². The van der Waals surface area contributed by atoms with Crippen molar-refractivity contribution in [3.05, 3.63) is 0 Å². The van der Waals surface area contributed by atoms with Gasteiger partial charge in [0.1, 0.15) is 0 Å². The fourth-order valence-electron chi connectivity index (χ4n) is 2.99. The van der Waals surface area contributed by atoms with Crippen LogP contribution in [0.5, 0.6) is 0 Å². The summed E-state index contributed by atoms with van der Waals surface area (Å²) < 4.78 is 0. The maximum Gasteiger partial charge on any atom is 0.239 e. The molecule has 1 saturated carbocycles. The molecule has 1 aliphatic heterocycles. The van der Waals surface area contributed by atoms with Gasteiger partial charge in [0.15, 0.2) is 0 Å². The molecule has 1 heterocycles. The van der Waals surface area contributed by atoms with Gasteiger partial charge in [0.05, 0.1) is 6.54 Å². The fourth-order valence-corrected chi connectivity index (χ4v) is 2.99. The summed E-state index contributed by atoms with van der Waals surface area (Å²) in [5, 5.41) is 5.91. The van der Waals surface area contributed by atoms with E-state index >= 15 is 0 Å². The van der Waals surface area contributed by atoms with E-state index in [4.69, 9.17) is 0 Å². The van der Waals surface area contributed by atoms with Crippen molar-refractivity contribution < 1.29 is 9.59 Å². The Morgan fingerprint density at radius 2 is 2.06 bits per heavy atom.